The Kier molecular flexibility index (Phi) is 3.93. The van der Waals surface area contributed by atoms with E-state index in [0.717, 1.165) is 25.9 Å². The smallest absolute Gasteiger partial charge is 0.323 e. The predicted octanol–water partition coefficient (Wildman–Crippen LogP) is 2.12. The molecule has 0 amide bonds. The highest BCUT2D eigenvalue weighted by molar-refractivity contribution is 5.78. The van der Waals surface area contributed by atoms with Crippen LogP contribution in [0, 0.1) is 0 Å². The third kappa shape index (κ3) is 2.27. The number of likely N-dealkylation sites (tertiary alicyclic amines) is 1. The monoisotopic (exact) mass is 199 g/mol. The van der Waals surface area contributed by atoms with Crippen LogP contribution in [-0.2, 0) is 4.79 Å². The molecule has 14 heavy (non-hydrogen) atoms. The van der Waals surface area contributed by atoms with Crippen LogP contribution in [0.1, 0.15) is 46.0 Å². The van der Waals surface area contributed by atoms with Crippen LogP contribution < -0.4 is 0 Å². The van der Waals surface area contributed by atoms with Crippen molar-refractivity contribution in [2.24, 2.45) is 0 Å². The molecule has 0 bridgehead atoms. The summed E-state index contributed by atoms with van der Waals surface area (Å²) in [6, 6.07) is 0. The number of carboxylic acid groups (broad SMARTS) is 1. The van der Waals surface area contributed by atoms with Crippen LogP contribution in [0.25, 0.3) is 0 Å². The minimum atomic E-state index is -0.679. The molecule has 0 aromatic rings. The van der Waals surface area contributed by atoms with Gasteiger partial charge in [0, 0.05) is 0 Å². The van der Waals surface area contributed by atoms with E-state index in [1.165, 1.54) is 12.8 Å². The molecule has 82 valence electrons. The number of aliphatic carboxylic acids is 1. The lowest BCUT2D eigenvalue weighted by Gasteiger charge is -2.36. The molecule has 1 rings (SSSR count). The SMILES string of the molecule is CC[C@@](C)(C(=O)O)N1CCCCCC1. The molecule has 1 atom stereocenters. The van der Waals surface area contributed by atoms with Gasteiger partial charge >= 0.3 is 5.97 Å². The van der Waals surface area contributed by atoms with Gasteiger partial charge in [0.25, 0.3) is 0 Å². The molecule has 0 aliphatic carbocycles. The lowest BCUT2D eigenvalue weighted by atomic mass is 9.96. The van der Waals surface area contributed by atoms with E-state index in [9.17, 15) is 9.90 Å². The van der Waals surface area contributed by atoms with Gasteiger partial charge in [-0.1, -0.05) is 19.8 Å². The highest BCUT2D eigenvalue weighted by Crippen LogP contribution is 2.23. The summed E-state index contributed by atoms with van der Waals surface area (Å²) in [5.41, 5.74) is -0.648. The summed E-state index contributed by atoms with van der Waals surface area (Å²) in [4.78, 5) is 13.4. The second-order valence-corrected chi connectivity index (χ2v) is 4.33. The molecular formula is C11H21NO2. The zero-order valence-corrected chi connectivity index (χ0v) is 9.25. The molecule has 1 saturated heterocycles. The predicted molar refractivity (Wildman–Crippen MR) is 56.4 cm³/mol. The Balaban J connectivity index is 2.71. The molecular weight excluding hydrogens is 178 g/mol. The van der Waals surface area contributed by atoms with Gasteiger partial charge in [0.15, 0.2) is 0 Å². The van der Waals surface area contributed by atoms with E-state index < -0.39 is 11.5 Å². The number of rotatable bonds is 3. The highest BCUT2D eigenvalue weighted by Gasteiger charge is 2.37. The van der Waals surface area contributed by atoms with Crippen LogP contribution in [0.5, 0.6) is 0 Å². The summed E-state index contributed by atoms with van der Waals surface area (Å²) >= 11 is 0. The van der Waals surface area contributed by atoms with Gasteiger partial charge in [-0.3, -0.25) is 9.69 Å². The molecule has 0 aromatic carbocycles. The Hall–Kier alpha value is -0.570. The molecule has 1 N–H and O–H groups in total. The van der Waals surface area contributed by atoms with Crippen molar-refractivity contribution in [3.05, 3.63) is 0 Å². The minimum Gasteiger partial charge on any atom is -0.480 e. The molecule has 0 spiro atoms. The third-order valence-electron chi connectivity index (χ3n) is 3.45. The van der Waals surface area contributed by atoms with Crippen molar-refractivity contribution in [2.75, 3.05) is 13.1 Å². The Bertz CT molecular complexity index is 197. The average Bonchev–Trinajstić information content (AvgIpc) is 2.44. The first-order valence-electron chi connectivity index (χ1n) is 5.59. The minimum absolute atomic E-state index is 0.648. The zero-order chi connectivity index (χ0) is 10.6. The summed E-state index contributed by atoms with van der Waals surface area (Å²) in [5.74, 6) is -0.679. The Morgan fingerprint density at radius 3 is 2.14 bits per heavy atom. The van der Waals surface area contributed by atoms with E-state index >= 15 is 0 Å². The first-order valence-corrected chi connectivity index (χ1v) is 5.59. The van der Waals surface area contributed by atoms with Crippen LogP contribution in [0.4, 0.5) is 0 Å². The van der Waals surface area contributed by atoms with Gasteiger partial charge in [-0.05, 0) is 39.3 Å². The van der Waals surface area contributed by atoms with Crippen LogP contribution in [0.15, 0.2) is 0 Å². The van der Waals surface area contributed by atoms with Gasteiger partial charge in [-0.25, -0.2) is 0 Å². The van der Waals surface area contributed by atoms with E-state index in [0.29, 0.717) is 6.42 Å². The molecule has 1 aliphatic heterocycles. The molecule has 1 heterocycles. The summed E-state index contributed by atoms with van der Waals surface area (Å²) in [6.45, 7) is 5.69. The molecule has 1 fully saturated rings. The Morgan fingerprint density at radius 1 is 1.29 bits per heavy atom. The van der Waals surface area contributed by atoms with Gasteiger partial charge in [-0.2, -0.15) is 0 Å². The number of hydrogen-bond donors (Lipinski definition) is 1. The van der Waals surface area contributed by atoms with Crippen molar-refractivity contribution in [3.63, 3.8) is 0 Å². The van der Waals surface area contributed by atoms with E-state index in [1.807, 2.05) is 13.8 Å². The highest BCUT2D eigenvalue weighted by atomic mass is 16.4. The van der Waals surface area contributed by atoms with E-state index in [1.54, 1.807) is 0 Å². The van der Waals surface area contributed by atoms with Crippen molar-refractivity contribution >= 4 is 5.97 Å². The maximum Gasteiger partial charge on any atom is 0.323 e. The van der Waals surface area contributed by atoms with E-state index in [4.69, 9.17) is 0 Å². The fourth-order valence-electron chi connectivity index (χ4n) is 2.07. The number of hydrogen-bond acceptors (Lipinski definition) is 2. The lowest BCUT2D eigenvalue weighted by molar-refractivity contribution is -0.150. The Morgan fingerprint density at radius 2 is 1.79 bits per heavy atom. The topological polar surface area (TPSA) is 40.5 Å². The molecule has 3 heteroatoms. The van der Waals surface area contributed by atoms with Crippen molar-refractivity contribution in [3.8, 4) is 0 Å². The molecule has 0 saturated carbocycles. The van der Waals surface area contributed by atoms with Crippen LogP contribution >= 0.6 is 0 Å². The number of nitrogens with zero attached hydrogens (tertiary/aromatic N) is 1. The zero-order valence-electron chi connectivity index (χ0n) is 9.25. The lowest BCUT2D eigenvalue weighted by Crippen LogP contribution is -2.52. The largest absolute Gasteiger partial charge is 0.480 e. The molecule has 1 aliphatic rings. The van der Waals surface area contributed by atoms with Crippen molar-refractivity contribution < 1.29 is 9.90 Å². The molecule has 3 nitrogen and oxygen atoms in total. The first kappa shape index (κ1) is 11.5. The van der Waals surface area contributed by atoms with E-state index in [2.05, 4.69) is 4.90 Å². The van der Waals surface area contributed by atoms with Crippen LogP contribution in [0.2, 0.25) is 0 Å². The maximum absolute atomic E-state index is 11.2. The van der Waals surface area contributed by atoms with E-state index in [-0.39, 0.29) is 0 Å². The quantitative estimate of drug-likeness (QED) is 0.757. The van der Waals surface area contributed by atoms with Gasteiger partial charge < -0.3 is 5.11 Å². The van der Waals surface area contributed by atoms with Gasteiger partial charge in [-0.15, -0.1) is 0 Å². The van der Waals surface area contributed by atoms with Gasteiger partial charge in [0.2, 0.25) is 0 Å². The first-order chi connectivity index (χ1) is 6.61. The van der Waals surface area contributed by atoms with Gasteiger partial charge in [0.05, 0.1) is 0 Å². The van der Waals surface area contributed by atoms with Gasteiger partial charge in [0.1, 0.15) is 5.54 Å². The fraction of sp³-hybridized carbons (Fsp3) is 0.909. The summed E-state index contributed by atoms with van der Waals surface area (Å²) in [5, 5.41) is 9.23. The second-order valence-electron chi connectivity index (χ2n) is 4.33. The second kappa shape index (κ2) is 4.78. The van der Waals surface area contributed by atoms with Crippen molar-refractivity contribution in [1.29, 1.82) is 0 Å². The molecule has 0 radical (unpaired) electrons. The summed E-state index contributed by atoms with van der Waals surface area (Å²) in [6.07, 6.45) is 5.46. The van der Waals surface area contributed by atoms with Crippen LogP contribution in [0.3, 0.4) is 0 Å². The number of carboxylic acids is 1. The average molecular weight is 199 g/mol. The normalized spacial score (nSPS) is 23.9. The number of carbonyl (C=O) groups is 1. The summed E-state index contributed by atoms with van der Waals surface area (Å²) < 4.78 is 0. The fourth-order valence-corrected chi connectivity index (χ4v) is 2.07. The molecule has 0 aromatic heterocycles. The Labute approximate surface area is 86.1 Å². The van der Waals surface area contributed by atoms with Crippen LogP contribution in [-0.4, -0.2) is 34.6 Å². The van der Waals surface area contributed by atoms with Crippen molar-refractivity contribution in [2.45, 2.75) is 51.5 Å². The van der Waals surface area contributed by atoms with Crippen molar-refractivity contribution in [1.82, 2.24) is 4.90 Å². The molecule has 0 unspecified atom stereocenters. The maximum atomic E-state index is 11.2. The summed E-state index contributed by atoms with van der Waals surface area (Å²) in [7, 11) is 0. The third-order valence-corrected chi connectivity index (χ3v) is 3.45. The standard InChI is InChI=1S/C11H21NO2/c1-3-11(2,10(13)14)12-8-6-4-5-7-9-12/h3-9H2,1-2H3,(H,13,14)/t11-/m0/s1.